The van der Waals surface area contributed by atoms with Crippen LogP contribution in [0.3, 0.4) is 0 Å². The number of hydrazine groups is 1. The molecule has 1 aliphatic heterocycles. The molecule has 0 spiro atoms. The quantitative estimate of drug-likeness (QED) is 0.852. The first-order chi connectivity index (χ1) is 9.40. The lowest BCUT2D eigenvalue weighted by atomic mass is 10.2. The van der Waals surface area contributed by atoms with Gasteiger partial charge < -0.3 is 5.11 Å². The number of piperidine rings is 1. The van der Waals surface area contributed by atoms with E-state index in [2.05, 4.69) is 20.8 Å². The van der Waals surface area contributed by atoms with Crippen molar-refractivity contribution in [3.63, 3.8) is 0 Å². The Morgan fingerprint density at radius 3 is 2.45 bits per heavy atom. The number of benzene rings is 1. The third-order valence-corrected chi connectivity index (χ3v) is 5.43. The number of carboxylic acid groups (broad SMARTS) is 1. The van der Waals surface area contributed by atoms with E-state index in [1.165, 1.54) is 18.2 Å². The third-order valence-electron chi connectivity index (χ3n) is 3.07. The van der Waals surface area contributed by atoms with Gasteiger partial charge in [0.2, 0.25) is 0 Å². The highest BCUT2D eigenvalue weighted by molar-refractivity contribution is 9.10. The molecule has 8 heteroatoms. The van der Waals surface area contributed by atoms with Crippen LogP contribution in [0.4, 0.5) is 0 Å². The largest absolute Gasteiger partial charge is 0.478 e. The summed E-state index contributed by atoms with van der Waals surface area (Å²) in [6.45, 7) is 1.37. The molecule has 110 valence electrons. The number of sulfonamides is 1. The zero-order chi connectivity index (χ0) is 14.8. The molecular weight excluding hydrogens is 348 g/mol. The number of rotatable bonds is 4. The van der Waals surface area contributed by atoms with Crippen molar-refractivity contribution >= 4 is 31.9 Å². The van der Waals surface area contributed by atoms with Crippen LogP contribution < -0.4 is 4.83 Å². The highest BCUT2D eigenvalue weighted by atomic mass is 79.9. The molecule has 0 saturated carbocycles. The van der Waals surface area contributed by atoms with Crippen LogP contribution >= 0.6 is 15.9 Å². The van der Waals surface area contributed by atoms with Crippen molar-refractivity contribution in [2.75, 3.05) is 13.1 Å². The van der Waals surface area contributed by atoms with Gasteiger partial charge in [0, 0.05) is 17.6 Å². The summed E-state index contributed by atoms with van der Waals surface area (Å²) in [5.74, 6) is -1.10. The maximum absolute atomic E-state index is 12.3. The summed E-state index contributed by atoms with van der Waals surface area (Å²) in [7, 11) is -3.70. The maximum atomic E-state index is 12.3. The van der Waals surface area contributed by atoms with Crippen molar-refractivity contribution in [2.45, 2.75) is 24.2 Å². The fourth-order valence-corrected chi connectivity index (χ4v) is 4.26. The molecule has 1 saturated heterocycles. The van der Waals surface area contributed by atoms with Gasteiger partial charge in [-0.15, -0.1) is 4.83 Å². The van der Waals surface area contributed by atoms with E-state index < -0.39 is 16.0 Å². The molecule has 1 fully saturated rings. The summed E-state index contributed by atoms with van der Waals surface area (Å²) in [4.78, 5) is 13.4. The minimum Gasteiger partial charge on any atom is -0.478 e. The average Bonchev–Trinajstić information content (AvgIpc) is 2.38. The summed E-state index contributed by atoms with van der Waals surface area (Å²) >= 11 is 3.12. The van der Waals surface area contributed by atoms with Crippen molar-refractivity contribution in [1.29, 1.82) is 0 Å². The summed E-state index contributed by atoms with van der Waals surface area (Å²) in [5, 5.41) is 10.5. The Morgan fingerprint density at radius 1 is 1.25 bits per heavy atom. The van der Waals surface area contributed by atoms with Crippen LogP contribution in [0.5, 0.6) is 0 Å². The first kappa shape index (κ1) is 15.4. The fraction of sp³-hybridized carbons (Fsp3) is 0.417. The molecule has 2 N–H and O–H groups in total. The Morgan fingerprint density at radius 2 is 1.90 bits per heavy atom. The van der Waals surface area contributed by atoms with E-state index in [9.17, 15) is 13.2 Å². The van der Waals surface area contributed by atoms with E-state index in [0.717, 1.165) is 19.3 Å². The van der Waals surface area contributed by atoms with Gasteiger partial charge in [0.25, 0.3) is 10.0 Å². The van der Waals surface area contributed by atoms with Gasteiger partial charge in [0.15, 0.2) is 0 Å². The van der Waals surface area contributed by atoms with E-state index in [1.807, 2.05) is 0 Å². The number of nitrogens with one attached hydrogen (secondary N) is 1. The first-order valence-electron chi connectivity index (χ1n) is 6.20. The Labute approximate surface area is 125 Å². The molecule has 20 heavy (non-hydrogen) atoms. The molecule has 0 radical (unpaired) electrons. The highest BCUT2D eigenvalue weighted by Gasteiger charge is 2.22. The minimum absolute atomic E-state index is 0.0353. The van der Waals surface area contributed by atoms with E-state index in [0.29, 0.717) is 13.1 Å². The molecule has 0 unspecified atom stereocenters. The fourth-order valence-electron chi connectivity index (χ4n) is 2.06. The number of hydrogen-bond acceptors (Lipinski definition) is 4. The monoisotopic (exact) mass is 362 g/mol. The molecule has 0 aromatic heterocycles. The SMILES string of the molecule is O=C(O)c1ccc(S(=O)(=O)NN2CCCCC2)c(Br)c1. The lowest BCUT2D eigenvalue weighted by Gasteiger charge is -2.26. The van der Waals surface area contributed by atoms with Crippen molar-refractivity contribution in [2.24, 2.45) is 0 Å². The van der Waals surface area contributed by atoms with Crippen LogP contribution in [0.15, 0.2) is 27.6 Å². The molecule has 0 atom stereocenters. The van der Waals surface area contributed by atoms with Crippen LogP contribution in [-0.2, 0) is 10.0 Å². The van der Waals surface area contributed by atoms with Gasteiger partial charge in [-0.1, -0.05) is 6.42 Å². The Kier molecular flexibility index (Phi) is 4.79. The van der Waals surface area contributed by atoms with Gasteiger partial charge in [0.1, 0.15) is 0 Å². The molecule has 1 aromatic rings. The standard InChI is InChI=1S/C12H15BrN2O4S/c13-10-8-9(12(16)17)4-5-11(10)20(18,19)14-15-6-2-1-3-7-15/h4-5,8,14H,1-3,6-7H2,(H,16,17). The van der Waals surface area contributed by atoms with Gasteiger partial charge in [-0.05, 0) is 47.0 Å². The van der Waals surface area contributed by atoms with E-state index in [1.54, 1.807) is 5.01 Å². The van der Waals surface area contributed by atoms with Gasteiger partial charge >= 0.3 is 5.97 Å². The molecule has 1 heterocycles. The number of carboxylic acids is 1. The van der Waals surface area contributed by atoms with Crippen LogP contribution in [0.1, 0.15) is 29.6 Å². The first-order valence-corrected chi connectivity index (χ1v) is 8.48. The van der Waals surface area contributed by atoms with Crippen molar-refractivity contribution in [3.8, 4) is 0 Å². The van der Waals surface area contributed by atoms with E-state index in [4.69, 9.17) is 5.11 Å². The summed E-state index contributed by atoms with van der Waals surface area (Å²) < 4.78 is 24.8. The number of hydrogen-bond donors (Lipinski definition) is 2. The average molecular weight is 363 g/mol. The molecule has 1 aliphatic rings. The van der Waals surface area contributed by atoms with Gasteiger partial charge in [0.05, 0.1) is 10.5 Å². The number of nitrogens with zero attached hydrogens (tertiary/aromatic N) is 1. The van der Waals surface area contributed by atoms with E-state index in [-0.39, 0.29) is 14.9 Å². The Bertz CT molecular complexity index is 612. The normalized spacial score (nSPS) is 17.1. The predicted molar refractivity (Wildman–Crippen MR) is 76.8 cm³/mol. The third kappa shape index (κ3) is 3.57. The Balaban J connectivity index is 2.22. The molecule has 6 nitrogen and oxygen atoms in total. The topological polar surface area (TPSA) is 86.7 Å². The molecular formula is C12H15BrN2O4S. The van der Waals surface area contributed by atoms with Crippen LogP contribution in [0.25, 0.3) is 0 Å². The van der Waals surface area contributed by atoms with Crippen molar-refractivity contribution in [1.82, 2.24) is 9.84 Å². The second kappa shape index (κ2) is 6.21. The second-order valence-corrected chi connectivity index (χ2v) is 7.08. The predicted octanol–water partition coefficient (Wildman–Crippen LogP) is 1.83. The zero-order valence-corrected chi connectivity index (χ0v) is 13.1. The number of halogens is 1. The summed E-state index contributed by atoms with van der Waals surface area (Å²) in [6, 6.07) is 3.85. The molecule has 1 aromatic carbocycles. The number of aromatic carboxylic acids is 1. The zero-order valence-electron chi connectivity index (χ0n) is 10.7. The second-order valence-electron chi connectivity index (χ2n) is 4.59. The molecule has 0 aliphatic carbocycles. The van der Waals surface area contributed by atoms with Gasteiger partial charge in [-0.2, -0.15) is 0 Å². The van der Waals surface area contributed by atoms with E-state index >= 15 is 0 Å². The molecule has 0 bridgehead atoms. The molecule has 2 rings (SSSR count). The lowest BCUT2D eigenvalue weighted by Crippen LogP contribution is -2.44. The van der Waals surface area contributed by atoms with Crippen molar-refractivity contribution in [3.05, 3.63) is 28.2 Å². The summed E-state index contributed by atoms with van der Waals surface area (Å²) in [6.07, 6.45) is 3.03. The minimum atomic E-state index is -3.70. The van der Waals surface area contributed by atoms with Gasteiger partial charge in [-0.3, -0.25) is 0 Å². The van der Waals surface area contributed by atoms with Crippen molar-refractivity contribution < 1.29 is 18.3 Å². The Hall–Kier alpha value is -0.960. The van der Waals surface area contributed by atoms with Crippen LogP contribution in [0.2, 0.25) is 0 Å². The lowest BCUT2D eigenvalue weighted by molar-refractivity contribution is 0.0696. The van der Waals surface area contributed by atoms with Crippen LogP contribution in [0, 0.1) is 0 Å². The smallest absolute Gasteiger partial charge is 0.335 e. The highest BCUT2D eigenvalue weighted by Crippen LogP contribution is 2.23. The maximum Gasteiger partial charge on any atom is 0.335 e. The molecule has 0 amide bonds. The van der Waals surface area contributed by atoms with Gasteiger partial charge in [-0.25, -0.2) is 18.2 Å². The van der Waals surface area contributed by atoms with Crippen LogP contribution in [-0.4, -0.2) is 37.6 Å². The summed E-state index contributed by atoms with van der Waals surface area (Å²) in [5.41, 5.74) is 0.0359. The number of carbonyl (C=O) groups is 1.